The summed E-state index contributed by atoms with van der Waals surface area (Å²) >= 11 is 0. The number of nitrogens with two attached hydrogens (primary N) is 1. The lowest BCUT2D eigenvalue weighted by Crippen LogP contribution is -2.90. The van der Waals surface area contributed by atoms with Crippen molar-refractivity contribution in [3.63, 3.8) is 0 Å². The van der Waals surface area contributed by atoms with Crippen LogP contribution in [0.1, 0.15) is 43.0 Å². The van der Waals surface area contributed by atoms with Gasteiger partial charge in [0.05, 0.1) is 12.3 Å². The van der Waals surface area contributed by atoms with E-state index in [9.17, 15) is 4.79 Å². The number of ketones is 1. The van der Waals surface area contributed by atoms with Crippen molar-refractivity contribution in [1.82, 2.24) is 0 Å². The van der Waals surface area contributed by atoms with Crippen molar-refractivity contribution in [3.05, 3.63) is 71.8 Å². The fraction of sp³-hybridized carbons (Fsp3) is 0.316. The van der Waals surface area contributed by atoms with Gasteiger partial charge in [-0.3, -0.25) is 4.79 Å². The molecule has 0 spiro atoms. The second-order valence-electron chi connectivity index (χ2n) is 5.83. The zero-order valence-electron chi connectivity index (χ0n) is 12.4. The van der Waals surface area contributed by atoms with E-state index in [2.05, 4.69) is 60.8 Å². The van der Waals surface area contributed by atoms with Gasteiger partial charge in [0.15, 0.2) is 0 Å². The van der Waals surface area contributed by atoms with E-state index in [0.717, 1.165) is 6.42 Å². The van der Waals surface area contributed by atoms with Crippen molar-refractivity contribution in [2.45, 2.75) is 31.8 Å². The molecule has 1 saturated heterocycles. The normalized spacial score (nSPS) is 25.8. The zero-order valence-corrected chi connectivity index (χ0v) is 12.4. The van der Waals surface area contributed by atoms with Crippen molar-refractivity contribution in [2.24, 2.45) is 5.92 Å². The highest BCUT2D eigenvalue weighted by atomic mass is 16.1. The Labute approximate surface area is 126 Å². The quantitative estimate of drug-likeness (QED) is 0.921. The highest BCUT2D eigenvalue weighted by molar-refractivity contribution is 5.82. The second kappa shape index (κ2) is 6.23. The molecular weight excluding hydrogens is 258 g/mol. The standard InChI is InChI=1S/C19H21NO/c1-2-16-18(21)13-17(14-9-5-3-6-10-14)20-19(16)15-11-7-4-8-12-15/h3-12,16-17,19-20H,2,13H2,1H3/p+1/t16-,17-,19-/m0/s1. The van der Waals surface area contributed by atoms with Gasteiger partial charge in [0, 0.05) is 11.1 Å². The maximum Gasteiger partial charge on any atom is 0.148 e. The topological polar surface area (TPSA) is 33.7 Å². The maximum absolute atomic E-state index is 12.6. The van der Waals surface area contributed by atoms with Gasteiger partial charge < -0.3 is 5.32 Å². The molecule has 21 heavy (non-hydrogen) atoms. The number of Topliss-reactive ketones (excluding diaryl/α,β-unsaturated/α-hetero) is 1. The summed E-state index contributed by atoms with van der Waals surface area (Å²) in [5.74, 6) is 0.537. The number of carbonyl (C=O) groups is 1. The van der Waals surface area contributed by atoms with Gasteiger partial charge in [0.2, 0.25) is 0 Å². The largest absolute Gasteiger partial charge is 0.333 e. The van der Waals surface area contributed by atoms with Gasteiger partial charge in [0.25, 0.3) is 0 Å². The lowest BCUT2D eigenvalue weighted by atomic mass is 9.79. The SMILES string of the molecule is CC[C@H]1C(=O)C[C@@H](c2ccccc2)[NH2+][C@H]1c1ccccc1. The molecule has 3 atom stereocenters. The molecule has 2 heteroatoms. The molecule has 1 fully saturated rings. The number of hydrogen-bond acceptors (Lipinski definition) is 1. The number of piperidine rings is 1. The van der Waals surface area contributed by atoms with Crippen LogP contribution in [0, 0.1) is 5.92 Å². The van der Waals surface area contributed by atoms with Crippen LogP contribution in [0.25, 0.3) is 0 Å². The van der Waals surface area contributed by atoms with Crippen LogP contribution in [0.4, 0.5) is 0 Å². The van der Waals surface area contributed by atoms with Crippen molar-refractivity contribution in [1.29, 1.82) is 0 Å². The summed E-state index contributed by atoms with van der Waals surface area (Å²) in [5, 5.41) is 2.39. The summed E-state index contributed by atoms with van der Waals surface area (Å²) in [5.41, 5.74) is 2.51. The highest BCUT2D eigenvalue weighted by Crippen LogP contribution is 2.30. The Hall–Kier alpha value is -1.93. The Morgan fingerprint density at radius 1 is 0.952 bits per heavy atom. The predicted molar refractivity (Wildman–Crippen MR) is 83.7 cm³/mol. The van der Waals surface area contributed by atoms with Gasteiger partial charge in [-0.2, -0.15) is 0 Å². The lowest BCUT2D eigenvalue weighted by Gasteiger charge is -2.33. The Morgan fingerprint density at radius 2 is 1.52 bits per heavy atom. The molecule has 0 unspecified atom stereocenters. The molecule has 0 aromatic heterocycles. The first-order valence-corrected chi connectivity index (χ1v) is 7.77. The fourth-order valence-corrected chi connectivity index (χ4v) is 3.45. The van der Waals surface area contributed by atoms with E-state index in [1.807, 2.05) is 12.1 Å². The Morgan fingerprint density at radius 3 is 2.10 bits per heavy atom. The molecule has 1 aliphatic rings. The van der Waals surface area contributed by atoms with Crippen LogP contribution in [0.2, 0.25) is 0 Å². The van der Waals surface area contributed by atoms with Crippen molar-refractivity contribution in [2.75, 3.05) is 0 Å². The van der Waals surface area contributed by atoms with E-state index in [-0.39, 0.29) is 18.0 Å². The molecule has 2 aromatic rings. The van der Waals surface area contributed by atoms with Crippen LogP contribution >= 0.6 is 0 Å². The maximum atomic E-state index is 12.6. The van der Waals surface area contributed by atoms with Crippen LogP contribution in [-0.2, 0) is 4.79 Å². The molecule has 0 radical (unpaired) electrons. The van der Waals surface area contributed by atoms with Crippen LogP contribution in [-0.4, -0.2) is 5.78 Å². The van der Waals surface area contributed by atoms with E-state index in [1.54, 1.807) is 0 Å². The van der Waals surface area contributed by atoms with Gasteiger partial charge in [-0.05, 0) is 6.42 Å². The van der Waals surface area contributed by atoms with E-state index >= 15 is 0 Å². The fourth-order valence-electron chi connectivity index (χ4n) is 3.45. The molecule has 2 nitrogen and oxygen atoms in total. The second-order valence-corrected chi connectivity index (χ2v) is 5.83. The Bertz CT molecular complexity index is 593. The summed E-state index contributed by atoms with van der Waals surface area (Å²) in [6, 6.07) is 21.3. The molecule has 0 amide bonds. The van der Waals surface area contributed by atoms with E-state index < -0.39 is 0 Å². The molecule has 108 valence electrons. The third kappa shape index (κ3) is 2.91. The smallest absolute Gasteiger partial charge is 0.148 e. The summed E-state index contributed by atoms with van der Waals surface area (Å²) in [6.45, 7) is 2.12. The molecule has 1 aliphatic heterocycles. The van der Waals surface area contributed by atoms with Crippen molar-refractivity contribution < 1.29 is 10.1 Å². The first kappa shape index (κ1) is 14.0. The zero-order chi connectivity index (χ0) is 14.7. The number of hydrogen-bond donors (Lipinski definition) is 1. The molecule has 1 heterocycles. The third-order valence-corrected chi connectivity index (χ3v) is 4.56. The minimum Gasteiger partial charge on any atom is -0.333 e. The Kier molecular flexibility index (Phi) is 4.16. The van der Waals surface area contributed by atoms with Crippen LogP contribution in [0.15, 0.2) is 60.7 Å². The third-order valence-electron chi connectivity index (χ3n) is 4.56. The summed E-state index contributed by atoms with van der Waals surface area (Å²) in [4.78, 5) is 12.6. The molecule has 3 rings (SSSR count). The molecule has 0 saturated carbocycles. The van der Waals surface area contributed by atoms with Gasteiger partial charge >= 0.3 is 0 Å². The number of quaternary nitrogens is 1. The molecule has 2 aromatic carbocycles. The van der Waals surface area contributed by atoms with E-state index in [1.165, 1.54) is 11.1 Å². The monoisotopic (exact) mass is 280 g/mol. The van der Waals surface area contributed by atoms with Crippen LogP contribution < -0.4 is 5.32 Å². The van der Waals surface area contributed by atoms with Gasteiger partial charge in [-0.1, -0.05) is 67.6 Å². The van der Waals surface area contributed by atoms with Crippen molar-refractivity contribution >= 4 is 5.78 Å². The first-order valence-electron chi connectivity index (χ1n) is 7.77. The minimum atomic E-state index is 0.132. The molecule has 2 N–H and O–H groups in total. The highest BCUT2D eigenvalue weighted by Gasteiger charge is 2.39. The van der Waals surface area contributed by atoms with Gasteiger partial charge in [-0.15, -0.1) is 0 Å². The average molecular weight is 280 g/mol. The van der Waals surface area contributed by atoms with E-state index in [0.29, 0.717) is 12.2 Å². The predicted octanol–water partition coefficient (Wildman–Crippen LogP) is 3.03. The molecule has 0 bridgehead atoms. The number of rotatable bonds is 3. The average Bonchev–Trinajstić information content (AvgIpc) is 2.55. The summed E-state index contributed by atoms with van der Waals surface area (Å²) in [6.07, 6.45) is 1.56. The summed E-state index contributed by atoms with van der Waals surface area (Å²) < 4.78 is 0. The molecule has 0 aliphatic carbocycles. The Balaban J connectivity index is 1.91. The van der Waals surface area contributed by atoms with Crippen LogP contribution in [0.5, 0.6) is 0 Å². The minimum absolute atomic E-state index is 0.132. The van der Waals surface area contributed by atoms with E-state index in [4.69, 9.17) is 0 Å². The van der Waals surface area contributed by atoms with Crippen LogP contribution in [0.3, 0.4) is 0 Å². The van der Waals surface area contributed by atoms with Crippen molar-refractivity contribution in [3.8, 4) is 0 Å². The summed E-state index contributed by atoms with van der Waals surface area (Å²) in [7, 11) is 0. The number of carbonyl (C=O) groups excluding carboxylic acids is 1. The number of benzene rings is 2. The van der Waals surface area contributed by atoms with Gasteiger partial charge in [-0.25, -0.2) is 0 Å². The van der Waals surface area contributed by atoms with Gasteiger partial charge in [0.1, 0.15) is 17.9 Å². The lowest BCUT2D eigenvalue weighted by molar-refractivity contribution is -0.743. The molecular formula is C19H22NO+. The first-order chi connectivity index (χ1) is 10.3.